The van der Waals surface area contributed by atoms with Crippen molar-refractivity contribution >= 4 is 12.4 Å². The molecule has 3 heteroatoms. The zero-order valence-corrected chi connectivity index (χ0v) is 11.2. The van der Waals surface area contributed by atoms with Crippen LogP contribution >= 0.6 is 12.4 Å². The summed E-state index contributed by atoms with van der Waals surface area (Å²) in [6.07, 6.45) is 5.23. The van der Waals surface area contributed by atoms with Gasteiger partial charge in [-0.3, -0.25) is 0 Å². The van der Waals surface area contributed by atoms with Crippen LogP contribution in [0.2, 0.25) is 0 Å². The summed E-state index contributed by atoms with van der Waals surface area (Å²) in [6, 6.07) is 8.42. The fourth-order valence-corrected chi connectivity index (χ4v) is 2.57. The van der Waals surface area contributed by atoms with E-state index in [9.17, 15) is 0 Å². The Labute approximate surface area is 110 Å². The summed E-state index contributed by atoms with van der Waals surface area (Å²) < 4.78 is 5.50. The second kappa shape index (κ2) is 6.87. The predicted octanol–water partition coefficient (Wildman–Crippen LogP) is 3.70. The lowest BCUT2D eigenvalue weighted by molar-refractivity contribution is 0.339. The first-order valence-corrected chi connectivity index (χ1v) is 6.29. The summed E-state index contributed by atoms with van der Waals surface area (Å²) in [7, 11) is 0. The quantitative estimate of drug-likeness (QED) is 0.891. The van der Waals surface area contributed by atoms with E-state index in [-0.39, 0.29) is 18.4 Å². The van der Waals surface area contributed by atoms with Gasteiger partial charge in [0.15, 0.2) is 0 Å². The van der Waals surface area contributed by atoms with Crippen molar-refractivity contribution in [3.8, 4) is 5.75 Å². The van der Waals surface area contributed by atoms with Gasteiger partial charge in [0, 0.05) is 6.04 Å². The monoisotopic (exact) mass is 255 g/mol. The Hall–Kier alpha value is -0.730. The van der Waals surface area contributed by atoms with Crippen molar-refractivity contribution in [1.82, 2.24) is 0 Å². The number of hydrogen-bond donors (Lipinski definition) is 1. The molecule has 17 heavy (non-hydrogen) atoms. The molecule has 2 N–H and O–H groups in total. The van der Waals surface area contributed by atoms with Crippen LogP contribution in [0.15, 0.2) is 24.3 Å². The van der Waals surface area contributed by atoms with Crippen LogP contribution in [-0.4, -0.2) is 6.61 Å². The number of ether oxygens (including phenoxy) is 1. The van der Waals surface area contributed by atoms with Crippen molar-refractivity contribution in [2.24, 2.45) is 11.7 Å². The Balaban J connectivity index is 0.00000144. The van der Waals surface area contributed by atoms with E-state index in [1.165, 1.54) is 31.2 Å². The molecule has 2 rings (SSSR count). The van der Waals surface area contributed by atoms with Crippen LogP contribution in [0.4, 0.5) is 0 Å². The molecule has 1 aliphatic carbocycles. The lowest BCUT2D eigenvalue weighted by Crippen LogP contribution is -2.19. The van der Waals surface area contributed by atoms with E-state index in [0.717, 1.165) is 5.75 Å². The summed E-state index contributed by atoms with van der Waals surface area (Å²) in [5, 5.41) is 0. The van der Waals surface area contributed by atoms with Gasteiger partial charge in [-0.15, -0.1) is 12.4 Å². The van der Waals surface area contributed by atoms with E-state index in [1.807, 2.05) is 19.1 Å². The minimum absolute atomic E-state index is 0. The standard InChI is InChI=1S/C14H21NO.ClH/c1-2-16-13-9-5-8-12(10-13)14(15)11-6-3-4-7-11;/h5,8-11,14H,2-4,6-7,15H2,1H3;1H/t14-;/m1./s1. The molecule has 1 aliphatic rings. The van der Waals surface area contributed by atoms with Gasteiger partial charge in [0.2, 0.25) is 0 Å². The van der Waals surface area contributed by atoms with Crippen LogP contribution in [0.5, 0.6) is 5.75 Å². The highest BCUT2D eigenvalue weighted by atomic mass is 35.5. The maximum atomic E-state index is 6.31. The van der Waals surface area contributed by atoms with E-state index in [2.05, 4.69) is 12.1 Å². The van der Waals surface area contributed by atoms with Gasteiger partial charge in [-0.25, -0.2) is 0 Å². The van der Waals surface area contributed by atoms with Crippen molar-refractivity contribution in [2.75, 3.05) is 6.61 Å². The maximum absolute atomic E-state index is 6.31. The highest BCUT2D eigenvalue weighted by Gasteiger charge is 2.23. The normalized spacial score (nSPS) is 17.5. The van der Waals surface area contributed by atoms with Crippen LogP contribution in [0, 0.1) is 5.92 Å². The zero-order chi connectivity index (χ0) is 11.4. The van der Waals surface area contributed by atoms with E-state index >= 15 is 0 Å². The molecule has 2 nitrogen and oxygen atoms in total. The van der Waals surface area contributed by atoms with Crippen molar-refractivity contribution in [1.29, 1.82) is 0 Å². The van der Waals surface area contributed by atoms with Crippen molar-refractivity contribution in [2.45, 2.75) is 38.6 Å². The largest absolute Gasteiger partial charge is 0.494 e. The molecule has 1 atom stereocenters. The van der Waals surface area contributed by atoms with Crippen molar-refractivity contribution < 1.29 is 4.74 Å². The van der Waals surface area contributed by atoms with Gasteiger partial charge in [-0.05, 0) is 43.4 Å². The topological polar surface area (TPSA) is 35.2 Å². The Bertz CT molecular complexity index is 337. The van der Waals surface area contributed by atoms with Crippen molar-refractivity contribution in [3.63, 3.8) is 0 Å². The lowest BCUT2D eigenvalue weighted by Gasteiger charge is -2.19. The highest BCUT2D eigenvalue weighted by Crippen LogP contribution is 2.34. The number of halogens is 1. The fourth-order valence-electron chi connectivity index (χ4n) is 2.57. The molecule has 0 unspecified atom stereocenters. The van der Waals surface area contributed by atoms with Crippen LogP contribution in [0.3, 0.4) is 0 Å². The molecule has 0 saturated heterocycles. The summed E-state index contributed by atoms with van der Waals surface area (Å²) in [6.45, 7) is 2.71. The van der Waals surface area contributed by atoms with Gasteiger partial charge in [0.25, 0.3) is 0 Å². The van der Waals surface area contributed by atoms with Gasteiger partial charge in [0.05, 0.1) is 6.61 Å². The molecule has 0 bridgehead atoms. The predicted molar refractivity (Wildman–Crippen MR) is 73.7 cm³/mol. The second-order valence-electron chi connectivity index (χ2n) is 4.58. The first-order chi connectivity index (χ1) is 7.81. The van der Waals surface area contributed by atoms with Gasteiger partial charge in [-0.1, -0.05) is 25.0 Å². The van der Waals surface area contributed by atoms with E-state index in [1.54, 1.807) is 0 Å². The van der Waals surface area contributed by atoms with E-state index in [0.29, 0.717) is 12.5 Å². The van der Waals surface area contributed by atoms with Gasteiger partial charge in [0.1, 0.15) is 5.75 Å². The Morgan fingerprint density at radius 2 is 2.06 bits per heavy atom. The van der Waals surface area contributed by atoms with Gasteiger partial charge in [-0.2, -0.15) is 0 Å². The number of benzene rings is 1. The molecule has 1 fully saturated rings. The van der Waals surface area contributed by atoms with E-state index in [4.69, 9.17) is 10.5 Å². The van der Waals surface area contributed by atoms with Crippen LogP contribution in [0.1, 0.15) is 44.2 Å². The highest BCUT2D eigenvalue weighted by molar-refractivity contribution is 5.85. The average Bonchev–Trinajstić information content (AvgIpc) is 2.82. The molecular formula is C14H22ClNO. The molecule has 0 radical (unpaired) electrons. The third-order valence-corrected chi connectivity index (χ3v) is 3.46. The molecular weight excluding hydrogens is 234 g/mol. The van der Waals surface area contributed by atoms with Crippen LogP contribution in [0.25, 0.3) is 0 Å². The smallest absolute Gasteiger partial charge is 0.119 e. The molecule has 1 aromatic rings. The van der Waals surface area contributed by atoms with Crippen molar-refractivity contribution in [3.05, 3.63) is 29.8 Å². The summed E-state index contributed by atoms with van der Waals surface area (Å²) in [5.41, 5.74) is 7.53. The molecule has 0 heterocycles. The first-order valence-electron chi connectivity index (χ1n) is 6.29. The SMILES string of the molecule is CCOc1cccc([C@H](N)C2CCCC2)c1.Cl. The van der Waals surface area contributed by atoms with Crippen LogP contribution in [-0.2, 0) is 0 Å². The molecule has 0 amide bonds. The van der Waals surface area contributed by atoms with Crippen LogP contribution < -0.4 is 10.5 Å². The minimum Gasteiger partial charge on any atom is -0.494 e. The van der Waals surface area contributed by atoms with Gasteiger partial charge >= 0.3 is 0 Å². The Morgan fingerprint density at radius 1 is 1.35 bits per heavy atom. The van der Waals surface area contributed by atoms with Gasteiger partial charge < -0.3 is 10.5 Å². The average molecular weight is 256 g/mol. The third-order valence-electron chi connectivity index (χ3n) is 3.46. The Morgan fingerprint density at radius 3 is 2.71 bits per heavy atom. The molecule has 96 valence electrons. The third kappa shape index (κ3) is 3.62. The van der Waals surface area contributed by atoms with E-state index < -0.39 is 0 Å². The summed E-state index contributed by atoms with van der Waals surface area (Å²) in [5.74, 6) is 1.60. The first kappa shape index (κ1) is 14.3. The molecule has 0 spiro atoms. The minimum atomic E-state index is 0. The summed E-state index contributed by atoms with van der Waals surface area (Å²) >= 11 is 0. The molecule has 0 aromatic heterocycles. The molecule has 1 aromatic carbocycles. The zero-order valence-electron chi connectivity index (χ0n) is 10.4. The maximum Gasteiger partial charge on any atom is 0.119 e. The fraction of sp³-hybridized carbons (Fsp3) is 0.571. The lowest BCUT2D eigenvalue weighted by atomic mass is 9.92. The molecule has 0 aliphatic heterocycles. The Kier molecular flexibility index (Phi) is 5.79. The number of hydrogen-bond acceptors (Lipinski definition) is 2. The number of nitrogens with two attached hydrogens (primary N) is 1. The second-order valence-corrected chi connectivity index (χ2v) is 4.58. The number of rotatable bonds is 4. The summed E-state index contributed by atoms with van der Waals surface area (Å²) in [4.78, 5) is 0. The molecule has 1 saturated carbocycles.